The van der Waals surface area contributed by atoms with Gasteiger partial charge in [0.1, 0.15) is 6.61 Å². The Morgan fingerprint density at radius 1 is 1.33 bits per heavy atom. The first kappa shape index (κ1) is 21.9. The lowest BCUT2D eigenvalue weighted by molar-refractivity contribution is 0.174. The Labute approximate surface area is 182 Å². The number of carbonyl (C=O) groups excluding carboxylic acids is 1. The summed E-state index contributed by atoms with van der Waals surface area (Å²) in [6.07, 6.45) is 2.19. The van der Waals surface area contributed by atoms with Crippen molar-refractivity contribution < 1.29 is 13.9 Å². The zero-order valence-electron chi connectivity index (χ0n) is 16.7. The van der Waals surface area contributed by atoms with Crippen LogP contribution in [0.5, 0.6) is 0 Å². The molecule has 1 amide bonds. The fourth-order valence-electron chi connectivity index (χ4n) is 2.55. The van der Waals surface area contributed by atoms with E-state index in [1.54, 1.807) is 18.2 Å². The van der Waals surface area contributed by atoms with Gasteiger partial charge in [-0.1, -0.05) is 39.5 Å². The van der Waals surface area contributed by atoms with Gasteiger partial charge in [0.05, 0.1) is 27.0 Å². The Morgan fingerprint density at radius 3 is 2.77 bits per heavy atom. The Morgan fingerprint density at radius 2 is 2.10 bits per heavy atom. The van der Waals surface area contributed by atoms with Crippen LogP contribution < -0.4 is 5.32 Å². The van der Waals surface area contributed by atoms with E-state index in [9.17, 15) is 4.79 Å². The topological polar surface area (TPSA) is 77.0 Å². The number of benzene rings is 1. The van der Waals surface area contributed by atoms with Gasteiger partial charge in [-0.3, -0.25) is 5.32 Å². The number of nitrogens with zero attached hydrogens (tertiary/aromatic N) is 3. The van der Waals surface area contributed by atoms with Gasteiger partial charge < -0.3 is 4.74 Å². The zero-order chi connectivity index (χ0) is 21.9. The third-order valence-electron chi connectivity index (χ3n) is 3.95. The number of hydrogen-bond acceptors (Lipinski definition) is 6. The van der Waals surface area contributed by atoms with Crippen LogP contribution in [0, 0.1) is 5.82 Å². The summed E-state index contributed by atoms with van der Waals surface area (Å²) in [5, 5.41) is 3.30. The molecule has 1 aromatic carbocycles. The molecule has 3 rings (SSSR count). The quantitative estimate of drug-likeness (QED) is 0.379. The van der Waals surface area contributed by atoms with E-state index < -0.39 is 11.9 Å². The highest BCUT2D eigenvalue weighted by atomic mass is 35.5. The van der Waals surface area contributed by atoms with Gasteiger partial charge in [0.25, 0.3) is 0 Å². The molecule has 6 nitrogen and oxygen atoms in total. The standard InChI is InChI=1S/C21H20ClFN4O2S/c1-5-11-29-20(28)26-13-8-6-7-12(15(13)23)16-17(14-9-10-24-19(22)25-14)30-18(27-16)21(2,3)4/h5-10H,1,11H2,2-4H3,(H,26,28). The summed E-state index contributed by atoms with van der Waals surface area (Å²) in [5.41, 5.74) is 0.919. The average molecular weight is 447 g/mol. The van der Waals surface area contributed by atoms with E-state index in [4.69, 9.17) is 21.3 Å². The van der Waals surface area contributed by atoms with E-state index in [0.29, 0.717) is 16.3 Å². The van der Waals surface area contributed by atoms with Crippen LogP contribution in [0.25, 0.3) is 21.8 Å². The second-order valence-electron chi connectivity index (χ2n) is 7.34. The molecule has 0 bridgehead atoms. The van der Waals surface area contributed by atoms with Crippen LogP contribution in [0.1, 0.15) is 25.8 Å². The summed E-state index contributed by atoms with van der Waals surface area (Å²) in [6.45, 7) is 9.56. The van der Waals surface area contributed by atoms with Crippen molar-refractivity contribution >= 4 is 34.7 Å². The van der Waals surface area contributed by atoms with Crippen LogP contribution >= 0.6 is 22.9 Å². The fourth-order valence-corrected chi connectivity index (χ4v) is 3.80. The Bertz CT molecular complexity index is 1090. The highest BCUT2D eigenvalue weighted by Gasteiger charge is 2.26. The van der Waals surface area contributed by atoms with Crippen molar-refractivity contribution in [2.24, 2.45) is 0 Å². The number of halogens is 2. The molecular formula is C21H20ClFN4O2S. The Balaban J connectivity index is 2.11. The third kappa shape index (κ3) is 4.83. The predicted octanol–water partition coefficient (Wildman–Crippen LogP) is 6.09. The largest absolute Gasteiger partial charge is 0.445 e. The van der Waals surface area contributed by atoms with Crippen molar-refractivity contribution in [2.75, 3.05) is 11.9 Å². The second kappa shape index (κ2) is 8.89. The molecule has 2 aromatic heterocycles. The number of hydrogen-bond donors (Lipinski definition) is 1. The van der Waals surface area contributed by atoms with E-state index in [1.165, 1.54) is 29.7 Å². The van der Waals surface area contributed by atoms with Gasteiger partial charge in [-0.15, -0.1) is 11.3 Å². The van der Waals surface area contributed by atoms with Gasteiger partial charge in [-0.2, -0.15) is 0 Å². The van der Waals surface area contributed by atoms with Crippen LogP contribution in [0.4, 0.5) is 14.9 Å². The fraction of sp³-hybridized carbons (Fsp3) is 0.238. The minimum Gasteiger partial charge on any atom is -0.445 e. The summed E-state index contributed by atoms with van der Waals surface area (Å²) in [4.78, 5) is 25.4. The molecule has 2 heterocycles. The molecule has 0 aliphatic carbocycles. The molecule has 156 valence electrons. The molecule has 3 aromatic rings. The van der Waals surface area contributed by atoms with Crippen LogP contribution in [-0.4, -0.2) is 27.7 Å². The number of aromatic nitrogens is 3. The maximum Gasteiger partial charge on any atom is 0.412 e. The maximum absolute atomic E-state index is 15.3. The van der Waals surface area contributed by atoms with Crippen LogP contribution in [-0.2, 0) is 10.2 Å². The van der Waals surface area contributed by atoms with Crippen molar-refractivity contribution in [3.05, 3.63) is 59.2 Å². The smallest absolute Gasteiger partial charge is 0.412 e. The second-order valence-corrected chi connectivity index (χ2v) is 8.67. The number of nitrogens with one attached hydrogen (secondary N) is 1. The predicted molar refractivity (Wildman–Crippen MR) is 117 cm³/mol. The van der Waals surface area contributed by atoms with E-state index in [2.05, 4.69) is 21.9 Å². The van der Waals surface area contributed by atoms with Gasteiger partial charge in [0, 0.05) is 17.2 Å². The first-order valence-electron chi connectivity index (χ1n) is 9.04. The molecule has 30 heavy (non-hydrogen) atoms. The first-order chi connectivity index (χ1) is 14.2. The molecule has 0 unspecified atom stereocenters. The summed E-state index contributed by atoms with van der Waals surface area (Å²) in [5.74, 6) is -0.625. The van der Waals surface area contributed by atoms with Crippen LogP contribution in [0.2, 0.25) is 5.28 Å². The molecule has 0 saturated heterocycles. The molecule has 0 fully saturated rings. The summed E-state index contributed by atoms with van der Waals surface area (Å²) in [7, 11) is 0. The number of amides is 1. The number of carbonyl (C=O) groups is 1. The van der Waals surface area contributed by atoms with Crippen LogP contribution in [0.15, 0.2) is 43.1 Å². The highest BCUT2D eigenvalue weighted by Crippen LogP contribution is 2.41. The number of anilines is 1. The van der Waals surface area contributed by atoms with Gasteiger partial charge in [0.2, 0.25) is 5.28 Å². The van der Waals surface area contributed by atoms with Crippen LogP contribution in [0.3, 0.4) is 0 Å². The van der Waals surface area contributed by atoms with Gasteiger partial charge >= 0.3 is 6.09 Å². The monoisotopic (exact) mass is 446 g/mol. The average Bonchev–Trinajstić information content (AvgIpc) is 3.14. The molecule has 0 spiro atoms. The van der Waals surface area contributed by atoms with Crippen molar-refractivity contribution in [2.45, 2.75) is 26.2 Å². The van der Waals surface area contributed by atoms with E-state index in [-0.39, 0.29) is 28.6 Å². The minimum absolute atomic E-state index is 0.0152. The van der Waals surface area contributed by atoms with Crippen molar-refractivity contribution in [3.63, 3.8) is 0 Å². The summed E-state index contributed by atoms with van der Waals surface area (Å²) >= 11 is 7.38. The Kier molecular flexibility index (Phi) is 6.48. The normalized spacial score (nSPS) is 11.2. The SMILES string of the molecule is C=CCOC(=O)Nc1cccc(-c2nc(C(C)(C)C)sc2-c2ccnc(Cl)n2)c1F. The lowest BCUT2D eigenvalue weighted by Gasteiger charge is -2.13. The van der Waals surface area contributed by atoms with Crippen molar-refractivity contribution in [3.8, 4) is 21.8 Å². The van der Waals surface area contributed by atoms with Gasteiger partial charge in [-0.25, -0.2) is 24.1 Å². The van der Waals surface area contributed by atoms with Crippen molar-refractivity contribution in [1.29, 1.82) is 0 Å². The summed E-state index contributed by atoms with van der Waals surface area (Å²) in [6, 6.07) is 6.38. The lowest BCUT2D eigenvalue weighted by Crippen LogP contribution is -2.14. The molecule has 0 aliphatic heterocycles. The Hall–Kier alpha value is -2.84. The van der Waals surface area contributed by atoms with Gasteiger partial charge in [0.15, 0.2) is 5.82 Å². The van der Waals surface area contributed by atoms with E-state index in [0.717, 1.165) is 5.01 Å². The molecule has 0 atom stereocenters. The summed E-state index contributed by atoms with van der Waals surface area (Å²) < 4.78 is 20.2. The molecule has 0 radical (unpaired) electrons. The maximum atomic E-state index is 15.3. The third-order valence-corrected chi connectivity index (χ3v) is 5.64. The lowest BCUT2D eigenvalue weighted by atomic mass is 9.98. The first-order valence-corrected chi connectivity index (χ1v) is 10.2. The molecular weight excluding hydrogens is 427 g/mol. The highest BCUT2D eigenvalue weighted by molar-refractivity contribution is 7.15. The zero-order valence-corrected chi connectivity index (χ0v) is 18.3. The number of ether oxygens (including phenoxy) is 1. The van der Waals surface area contributed by atoms with Crippen molar-refractivity contribution in [1.82, 2.24) is 15.0 Å². The van der Waals surface area contributed by atoms with E-state index in [1.807, 2.05) is 20.8 Å². The van der Waals surface area contributed by atoms with E-state index >= 15 is 4.39 Å². The number of thiazole rings is 1. The molecule has 0 saturated carbocycles. The molecule has 0 aliphatic rings. The molecule has 1 N–H and O–H groups in total. The number of rotatable bonds is 5. The minimum atomic E-state index is -0.776. The molecule has 9 heteroatoms. The van der Waals surface area contributed by atoms with Gasteiger partial charge in [-0.05, 0) is 29.8 Å².